The summed E-state index contributed by atoms with van der Waals surface area (Å²) in [6.07, 6.45) is 1.30. The zero-order valence-electron chi connectivity index (χ0n) is 11.9. The van der Waals surface area contributed by atoms with Crippen molar-refractivity contribution in [2.45, 2.75) is 6.54 Å². The van der Waals surface area contributed by atoms with Crippen LogP contribution in [0.4, 0.5) is 0 Å². The van der Waals surface area contributed by atoms with Crippen LogP contribution >= 0.6 is 27.5 Å². The molecule has 4 nitrogen and oxygen atoms in total. The van der Waals surface area contributed by atoms with Gasteiger partial charge in [-0.05, 0) is 39.7 Å². The van der Waals surface area contributed by atoms with Crippen LogP contribution in [0.5, 0.6) is 5.75 Å². The first-order valence-corrected chi connectivity index (χ1v) is 7.80. The highest BCUT2D eigenvalue weighted by molar-refractivity contribution is 9.10. The molecule has 0 bridgehead atoms. The van der Waals surface area contributed by atoms with Gasteiger partial charge < -0.3 is 10.4 Å². The van der Waals surface area contributed by atoms with Crippen LogP contribution in [-0.4, -0.2) is 11.0 Å². The summed E-state index contributed by atoms with van der Waals surface area (Å²) in [5.41, 5.74) is 1.09. The molecule has 0 heterocycles. The van der Waals surface area contributed by atoms with Gasteiger partial charge in [-0.25, -0.2) is 0 Å². The van der Waals surface area contributed by atoms with E-state index < -0.39 is 5.91 Å². The van der Waals surface area contributed by atoms with Gasteiger partial charge in [0.05, 0.1) is 4.47 Å². The van der Waals surface area contributed by atoms with E-state index in [9.17, 15) is 15.2 Å². The molecule has 6 heteroatoms. The Bertz CT molecular complexity index is 798. The summed E-state index contributed by atoms with van der Waals surface area (Å²) in [7, 11) is 0. The average Bonchev–Trinajstić information content (AvgIpc) is 2.55. The maximum atomic E-state index is 12.1. The zero-order valence-corrected chi connectivity index (χ0v) is 14.2. The lowest BCUT2D eigenvalue weighted by atomic mass is 10.1. The minimum atomic E-state index is -0.521. The van der Waals surface area contributed by atoms with Gasteiger partial charge in [-0.1, -0.05) is 41.9 Å². The summed E-state index contributed by atoms with van der Waals surface area (Å²) in [5, 5.41) is 22.2. The van der Waals surface area contributed by atoms with E-state index in [2.05, 4.69) is 21.2 Å². The molecule has 0 aliphatic carbocycles. The van der Waals surface area contributed by atoms with Crippen molar-refractivity contribution in [3.63, 3.8) is 0 Å². The van der Waals surface area contributed by atoms with E-state index >= 15 is 0 Å². The molecule has 0 aliphatic heterocycles. The standard InChI is InChI=1S/C17H12BrClN2O2/c18-15-8-14(19)7-12(16(15)22)6-13(9-20)17(23)21-10-11-4-2-1-3-5-11/h1-8,22H,10H2,(H,21,23). The molecule has 2 aromatic carbocycles. The number of hydrogen-bond acceptors (Lipinski definition) is 3. The maximum Gasteiger partial charge on any atom is 0.262 e. The van der Waals surface area contributed by atoms with E-state index in [1.807, 2.05) is 36.4 Å². The predicted octanol–water partition coefficient (Wildman–Crippen LogP) is 4.03. The number of nitrogens with zero attached hydrogens (tertiary/aromatic N) is 1. The first-order valence-electron chi connectivity index (χ1n) is 6.63. The van der Waals surface area contributed by atoms with E-state index in [0.29, 0.717) is 16.0 Å². The van der Waals surface area contributed by atoms with Gasteiger partial charge in [0, 0.05) is 17.1 Å². The molecule has 0 aliphatic rings. The quantitative estimate of drug-likeness (QED) is 0.610. The van der Waals surface area contributed by atoms with Crippen LogP contribution in [-0.2, 0) is 11.3 Å². The molecule has 2 rings (SSSR count). The topological polar surface area (TPSA) is 73.1 Å². The third-order valence-corrected chi connectivity index (χ3v) is 3.84. The molecule has 1 amide bonds. The summed E-state index contributed by atoms with van der Waals surface area (Å²) in [6.45, 7) is 0.309. The molecule has 0 spiro atoms. The van der Waals surface area contributed by atoms with Gasteiger partial charge in [0.25, 0.3) is 5.91 Å². The number of carbonyl (C=O) groups excluding carboxylic acids is 1. The third kappa shape index (κ3) is 4.59. The summed E-state index contributed by atoms with van der Waals surface area (Å²) >= 11 is 9.08. The van der Waals surface area contributed by atoms with E-state index in [4.69, 9.17) is 11.6 Å². The highest BCUT2D eigenvalue weighted by atomic mass is 79.9. The van der Waals surface area contributed by atoms with E-state index in [1.54, 1.807) is 0 Å². The molecule has 2 N–H and O–H groups in total. The predicted molar refractivity (Wildman–Crippen MR) is 92.7 cm³/mol. The molecule has 0 unspecified atom stereocenters. The zero-order chi connectivity index (χ0) is 16.8. The Labute approximate surface area is 147 Å². The van der Waals surface area contributed by atoms with Gasteiger partial charge in [0.2, 0.25) is 0 Å². The van der Waals surface area contributed by atoms with Gasteiger partial charge in [-0.15, -0.1) is 0 Å². The van der Waals surface area contributed by atoms with Gasteiger partial charge in [-0.2, -0.15) is 5.26 Å². The number of nitrogens with one attached hydrogen (secondary N) is 1. The van der Waals surface area contributed by atoms with Gasteiger partial charge in [-0.3, -0.25) is 4.79 Å². The fourth-order valence-electron chi connectivity index (χ4n) is 1.87. The second-order valence-electron chi connectivity index (χ2n) is 4.66. The van der Waals surface area contributed by atoms with Crippen LogP contribution in [0.15, 0.2) is 52.5 Å². The van der Waals surface area contributed by atoms with Gasteiger partial charge in [0.1, 0.15) is 17.4 Å². The molecular weight excluding hydrogens is 380 g/mol. The molecule has 0 atom stereocenters. The van der Waals surface area contributed by atoms with E-state index in [1.165, 1.54) is 18.2 Å². The summed E-state index contributed by atoms with van der Waals surface area (Å²) in [6, 6.07) is 14.2. The lowest BCUT2D eigenvalue weighted by molar-refractivity contribution is -0.117. The van der Waals surface area contributed by atoms with Crippen molar-refractivity contribution < 1.29 is 9.90 Å². The third-order valence-electron chi connectivity index (χ3n) is 3.02. The number of carbonyl (C=O) groups is 1. The van der Waals surface area contributed by atoms with Crippen LogP contribution in [0, 0.1) is 11.3 Å². The summed E-state index contributed by atoms with van der Waals surface area (Å²) in [4.78, 5) is 12.1. The molecule has 0 aromatic heterocycles. The average molecular weight is 392 g/mol. The highest BCUT2D eigenvalue weighted by Gasteiger charge is 2.12. The minimum absolute atomic E-state index is 0.0852. The second-order valence-corrected chi connectivity index (χ2v) is 5.95. The monoisotopic (exact) mass is 390 g/mol. The molecule has 0 saturated carbocycles. The maximum absolute atomic E-state index is 12.1. The largest absolute Gasteiger partial charge is 0.506 e. The van der Waals surface area contributed by atoms with Crippen LogP contribution < -0.4 is 5.32 Å². The summed E-state index contributed by atoms with van der Waals surface area (Å²) < 4.78 is 0.387. The van der Waals surface area contributed by atoms with Crippen molar-refractivity contribution in [2.75, 3.05) is 0 Å². The molecular formula is C17H12BrClN2O2. The fourth-order valence-corrected chi connectivity index (χ4v) is 2.71. The molecule has 0 saturated heterocycles. The Morgan fingerprint density at radius 1 is 1.35 bits per heavy atom. The number of hydrogen-bond donors (Lipinski definition) is 2. The van der Waals surface area contributed by atoms with Crippen LogP contribution in [0.1, 0.15) is 11.1 Å². The normalized spacial score (nSPS) is 10.9. The van der Waals surface area contributed by atoms with Gasteiger partial charge >= 0.3 is 0 Å². The Balaban J connectivity index is 2.19. The Morgan fingerprint density at radius 2 is 2.04 bits per heavy atom. The molecule has 23 heavy (non-hydrogen) atoms. The number of nitriles is 1. The molecule has 116 valence electrons. The Hall–Kier alpha value is -2.29. The lowest BCUT2D eigenvalue weighted by Crippen LogP contribution is -2.23. The Kier molecular flexibility index (Phi) is 5.80. The minimum Gasteiger partial charge on any atom is -0.506 e. The number of phenolic OH excluding ortho intramolecular Hbond substituents is 1. The number of amides is 1. The van der Waals surface area contributed by atoms with Crippen molar-refractivity contribution in [1.29, 1.82) is 5.26 Å². The highest BCUT2D eigenvalue weighted by Crippen LogP contribution is 2.32. The van der Waals surface area contributed by atoms with E-state index in [-0.39, 0.29) is 16.9 Å². The van der Waals surface area contributed by atoms with Crippen molar-refractivity contribution in [1.82, 2.24) is 5.32 Å². The molecule has 2 aromatic rings. The summed E-state index contributed by atoms with van der Waals surface area (Å²) in [5.74, 6) is -0.607. The van der Waals surface area contributed by atoms with Crippen molar-refractivity contribution in [2.24, 2.45) is 0 Å². The van der Waals surface area contributed by atoms with Crippen molar-refractivity contribution >= 4 is 39.5 Å². The van der Waals surface area contributed by atoms with Crippen LogP contribution in [0.3, 0.4) is 0 Å². The fraction of sp³-hybridized carbons (Fsp3) is 0.0588. The number of halogens is 2. The van der Waals surface area contributed by atoms with Gasteiger partial charge in [0.15, 0.2) is 0 Å². The van der Waals surface area contributed by atoms with Crippen molar-refractivity contribution in [3.05, 3.63) is 68.7 Å². The SMILES string of the molecule is N#CC(=Cc1cc(Cl)cc(Br)c1O)C(=O)NCc1ccccc1. The number of phenols is 1. The van der Waals surface area contributed by atoms with Crippen LogP contribution in [0.25, 0.3) is 6.08 Å². The number of aromatic hydroxyl groups is 1. The Morgan fingerprint density at radius 3 is 2.70 bits per heavy atom. The van der Waals surface area contributed by atoms with Crippen molar-refractivity contribution in [3.8, 4) is 11.8 Å². The molecule has 0 fully saturated rings. The second kappa shape index (κ2) is 7.82. The van der Waals surface area contributed by atoms with Crippen LogP contribution in [0.2, 0.25) is 5.02 Å². The van der Waals surface area contributed by atoms with E-state index in [0.717, 1.165) is 5.56 Å². The number of rotatable bonds is 4. The first kappa shape index (κ1) is 17.1. The lowest BCUT2D eigenvalue weighted by Gasteiger charge is -2.06. The first-order chi connectivity index (χ1) is 11.0. The smallest absolute Gasteiger partial charge is 0.262 e. The number of benzene rings is 2. The molecule has 0 radical (unpaired) electrons.